The lowest BCUT2D eigenvalue weighted by molar-refractivity contribution is 0.0942. The van der Waals surface area contributed by atoms with Crippen molar-refractivity contribution in [3.05, 3.63) is 54.7 Å². The lowest BCUT2D eigenvalue weighted by atomic mass is 10.1. The highest BCUT2D eigenvalue weighted by atomic mass is 16.1. The fourth-order valence-corrected chi connectivity index (χ4v) is 1.68. The van der Waals surface area contributed by atoms with Crippen molar-refractivity contribution in [1.82, 2.24) is 9.97 Å². The molecular formula is C18H25N3O. The van der Waals surface area contributed by atoms with Crippen LogP contribution in [0.5, 0.6) is 0 Å². The topological polar surface area (TPSA) is 55.2 Å². The summed E-state index contributed by atoms with van der Waals surface area (Å²) in [6.07, 6.45) is 10.4. The Hall–Kier alpha value is -2.36. The van der Waals surface area contributed by atoms with E-state index in [1.54, 1.807) is 37.7 Å². The molecule has 0 N–H and O–H groups in total. The molecule has 4 nitrogen and oxygen atoms in total. The van der Waals surface area contributed by atoms with Gasteiger partial charge in [-0.3, -0.25) is 9.79 Å². The summed E-state index contributed by atoms with van der Waals surface area (Å²) < 4.78 is 0. The zero-order valence-corrected chi connectivity index (χ0v) is 14.1. The maximum absolute atomic E-state index is 12.2. The third-order valence-corrected chi connectivity index (χ3v) is 2.63. The standard InChI is InChI=1S/C16H19N3O.C2H6/c1-5-7-12(3)15(20)16-18-10-9-14(19-16)13(8-6-2)11-17-4;1-2/h5-12H,2H2,1,3-4H3;1-2H3/b7-5+,13-8+,17-11?;/t12-;/m0./s1. The number of carbonyl (C=O) groups excluding carboxylic acids is 1. The van der Waals surface area contributed by atoms with Gasteiger partial charge in [0, 0.05) is 31.0 Å². The van der Waals surface area contributed by atoms with Gasteiger partial charge in [0.1, 0.15) is 0 Å². The van der Waals surface area contributed by atoms with E-state index in [9.17, 15) is 4.79 Å². The Labute approximate surface area is 133 Å². The minimum Gasteiger partial charge on any atom is -0.296 e. The van der Waals surface area contributed by atoms with Crippen molar-refractivity contribution in [2.75, 3.05) is 7.05 Å². The number of carbonyl (C=O) groups is 1. The highest BCUT2D eigenvalue weighted by molar-refractivity contribution is 6.09. The molecule has 1 aromatic heterocycles. The number of aliphatic imine (C=N–C) groups is 1. The van der Waals surface area contributed by atoms with Crippen molar-refractivity contribution in [2.24, 2.45) is 10.9 Å². The molecule has 0 aromatic carbocycles. The summed E-state index contributed by atoms with van der Waals surface area (Å²) in [7, 11) is 1.68. The minimum absolute atomic E-state index is 0.101. The first-order valence-corrected chi connectivity index (χ1v) is 7.39. The molecule has 1 aromatic rings. The lowest BCUT2D eigenvalue weighted by Crippen LogP contribution is -2.13. The first-order chi connectivity index (χ1) is 10.6. The van der Waals surface area contributed by atoms with E-state index in [-0.39, 0.29) is 17.5 Å². The molecule has 0 fully saturated rings. The lowest BCUT2D eigenvalue weighted by Gasteiger charge is -2.06. The zero-order valence-electron chi connectivity index (χ0n) is 14.1. The van der Waals surface area contributed by atoms with Gasteiger partial charge in [0.25, 0.3) is 0 Å². The quantitative estimate of drug-likeness (QED) is 0.343. The van der Waals surface area contributed by atoms with Crippen LogP contribution >= 0.6 is 0 Å². The van der Waals surface area contributed by atoms with Crippen LogP contribution in [0, 0.1) is 5.92 Å². The number of rotatable bonds is 6. The Balaban J connectivity index is 0.00000211. The summed E-state index contributed by atoms with van der Waals surface area (Å²) >= 11 is 0. The molecule has 118 valence electrons. The molecule has 1 rings (SSSR count). The van der Waals surface area contributed by atoms with Gasteiger partial charge in [-0.15, -0.1) is 0 Å². The molecular weight excluding hydrogens is 274 g/mol. The van der Waals surface area contributed by atoms with E-state index in [1.165, 1.54) is 0 Å². The van der Waals surface area contributed by atoms with Crippen LogP contribution in [0.1, 0.15) is 44.0 Å². The van der Waals surface area contributed by atoms with Crippen molar-refractivity contribution < 1.29 is 4.79 Å². The van der Waals surface area contributed by atoms with E-state index in [0.717, 1.165) is 5.57 Å². The van der Waals surface area contributed by atoms with Crippen LogP contribution in [-0.2, 0) is 0 Å². The van der Waals surface area contributed by atoms with Crippen LogP contribution < -0.4 is 0 Å². The van der Waals surface area contributed by atoms with Gasteiger partial charge in [-0.05, 0) is 13.0 Å². The largest absolute Gasteiger partial charge is 0.296 e. The molecule has 0 saturated carbocycles. The van der Waals surface area contributed by atoms with Crippen LogP contribution in [0.2, 0.25) is 0 Å². The number of ketones is 1. The summed E-state index contributed by atoms with van der Waals surface area (Å²) in [6.45, 7) is 11.4. The summed E-state index contributed by atoms with van der Waals surface area (Å²) in [6, 6.07) is 1.74. The van der Waals surface area contributed by atoms with Crippen molar-refractivity contribution in [1.29, 1.82) is 0 Å². The summed E-state index contributed by atoms with van der Waals surface area (Å²) in [5.41, 5.74) is 1.44. The van der Waals surface area contributed by atoms with Gasteiger partial charge in [-0.2, -0.15) is 0 Å². The molecule has 22 heavy (non-hydrogen) atoms. The molecule has 0 spiro atoms. The molecule has 0 saturated heterocycles. The average molecular weight is 299 g/mol. The minimum atomic E-state index is -0.234. The molecule has 0 unspecified atom stereocenters. The molecule has 1 atom stereocenters. The van der Waals surface area contributed by atoms with E-state index in [2.05, 4.69) is 21.5 Å². The maximum Gasteiger partial charge on any atom is 0.206 e. The fraction of sp³-hybridized carbons (Fsp3) is 0.333. The maximum atomic E-state index is 12.2. The van der Waals surface area contributed by atoms with Crippen molar-refractivity contribution in [3.63, 3.8) is 0 Å². The van der Waals surface area contributed by atoms with E-state index in [0.29, 0.717) is 5.69 Å². The summed E-state index contributed by atoms with van der Waals surface area (Å²) in [5.74, 6) is -0.120. The molecule has 0 radical (unpaired) electrons. The van der Waals surface area contributed by atoms with Gasteiger partial charge < -0.3 is 0 Å². The predicted octanol–water partition coefficient (Wildman–Crippen LogP) is 4.17. The SMILES string of the molecule is C=C/C=C(\C=NC)c1ccnc(C(=O)[C@@H](C)/C=C/C)n1.CC. The van der Waals surface area contributed by atoms with Gasteiger partial charge in [-0.1, -0.05) is 51.7 Å². The molecule has 0 aliphatic carbocycles. The van der Waals surface area contributed by atoms with Gasteiger partial charge >= 0.3 is 0 Å². The number of hydrogen-bond donors (Lipinski definition) is 0. The predicted molar refractivity (Wildman–Crippen MR) is 94.3 cm³/mol. The first kappa shape index (κ1) is 19.6. The van der Waals surface area contributed by atoms with E-state index < -0.39 is 0 Å². The molecule has 0 aliphatic rings. The van der Waals surface area contributed by atoms with Crippen LogP contribution in [0.15, 0.2) is 48.1 Å². The Morgan fingerprint density at radius 1 is 1.41 bits per heavy atom. The second kappa shape index (κ2) is 11.3. The summed E-state index contributed by atoms with van der Waals surface area (Å²) in [4.78, 5) is 24.5. The Morgan fingerprint density at radius 3 is 2.64 bits per heavy atom. The van der Waals surface area contributed by atoms with Gasteiger partial charge in [0.15, 0.2) is 5.82 Å². The normalized spacial score (nSPS) is 12.9. The molecule has 0 bridgehead atoms. The molecule has 4 heteroatoms. The first-order valence-electron chi connectivity index (χ1n) is 7.39. The average Bonchev–Trinajstić information content (AvgIpc) is 2.56. The number of hydrogen-bond acceptors (Lipinski definition) is 4. The summed E-state index contributed by atoms with van der Waals surface area (Å²) in [5, 5.41) is 0. The van der Waals surface area contributed by atoms with Gasteiger partial charge in [0.2, 0.25) is 5.78 Å². The van der Waals surface area contributed by atoms with E-state index >= 15 is 0 Å². The van der Waals surface area contributed by atoms with Crippen molar-refractivity contribution >= 4 is 17.6 Å². The number of aromatic nitrogens is 2. The van der Waals surface area contributed by atoms with Crippen LogP contribution in [0.3, 0.4) is 0 Å². The van der Waals surface area contributed by atoms with E-state index in [4.69, 9.17) is 0 Å². The van der Waals surface area contributed by atoms with Gasteiger partial charge in [-0.25, -0.2) is 9.97 Å². The Morgan fingerprint density at radius 2 is 2.09 bits per heavy atom. The zero-order chi connectivity index (χ0) is 17.0. The van der Waals surface area contributed by atoms with E-state index in [1.807, 2.05) is 39.8 Å². The third-order valence-electron chi connectivity index (χ3n) is 2.63. The highest BCUT2D eigenvalue weighted by Crippen LogP contribution is 2.12. The fourth-order valence-electron chi connectivity index (χ4n) is 1.68. The smallest absolute Gasteiger partial charge is 0.206 e. The second-order valence-electron chi connectivity index (χ2n) is 4.19. The highest BCUT2D eigenvalue weighted by Gasteiger charge is 2.16. The van der Waals surface area contributed by atoms with Crippen molar-refractivity contribution in [2.45, 2.75) is 27.7 Å². The Bertz CT molecular complexity index is 571. The molecule has 0 aliphatic heterocycles. The van der Waals surface area contributed by atoms with Crippen molar-refractivity contribution in [3.8, 4) is 0 Å². The van der Waals surface area contributed by atoms with Gasteiger partial charge in [0.05, 0.1) is 5.69 Å². The Kier molecular flexibility index (Phi) is 10.1. The van der Waals surface area contributed by atoms with Crippen LogP contribution in [-0.4, -0.2) is 29.0 Å². The second-order valence-corrected chi connectivity index (χ2v) is 4.19. The van der Waals surface area contributed by atoms with Crippen LogP contribution in [0.4, 0.5) is 0 Å². The molecule has 1 heterocycles. The van der Waals surface area contributed by atoms with Crippen LogP contribution in [0.25, 0.3) is 5.57 Å². The third kappa shape index (κ3) is 5.95. The number of Topliss-reactive ketones (excluding diaryl/α,β-unsaturated/α-hetero) is 1. The monoisotopic (exact) mass is 299 g/mol. The number of nitrogens with zero attached hydrogens (tertiary/aromatic N) is 3. The molecule has 0 amide bonds. The number of allylic oxidation sites excluding steroid dienone is 5.